The van der Waals surface area contributed by atoms with Crippen LogP contribution in [0.5, 0.6) is 0 Å². The maximum Gasteiger partial charge on any atom is 0.481 e. The van der Waals surface area contributed by atoms with Gasteiger partial charge < -0.3 is 14.7 Å². The number of allylic oxidation sites excluding steroid dienone is 5. The van der Waals surface area contributed by atoms with Crippen molar-refractivity contribution in [3.05, 3.63) is 34.9 Å². The quantitative estimate of drug-likeness (QED) is 0.313. The van der Waals surface area contributed by atoms with Gasteiger partial charge in [-0.2, -0.15) is 4.31 Å². The Morgan fingerprint density at radius 3 is 2.08 bits per heavy atom. The normalized spacial score (nSPS) is 15.8. The summed E-state index contributed by atoms with van der Waals surface area (Å²) in [4.78, 5) is 26.2. The molecule has 1 atom stereocenters. The highest BCUT2D eigenvalue weighted by Gasteiger charge is 2.31. The lowest BCUT2D eigenvalue weighted by Crippen LogP contribution is -1.95. The molecule has 0 saturated carbocycles. The summed E-state index contributed by atoms with van der Waals surface area (Å²) in [5, 5.41) is 0. The molecule has 7 nitrogen and oxygen atoms in total. The second kappa shape index (κ2) is 12.0. The van der Waals surface area contributed by atoms with Crippen molar-refractivity contribution in [2.75, 3.05) is 6.61 Å². The highest BCUT2D eigenvalue weighted by Crippen LogP contribution is 2.57. The molecule has 146 valence electrons. The molecule has 0 fully saturated rings. The van der Waals surface area contributed by atoms with E-state index < -0.39 is 15.6 Å². The zero-order valence-corrected chi connectivity index (χ0v) is 17.1. The van der Waals surface area contributed by atoms with Crippen LogP contribution in [0.4, 0.5) is 0 Å². The second-order valence-electron chi connectivity index (χ2n) is 5.96. The molecule has 0 heterocycles. The van der Waals surface area contributed by atoms with Crippen LogP contribution < -0.4 is 0 Å². The van der Waals surface area contributed by atoms with Crippen molar-refractivity contribution in [3.63, 3.8) is 0 Å². The van der Waals surface area contributed by atoms with Crippen molar-refractivity contribution >= 4 is 15.6 Å². The number of phosphoric acid groups is 2. The summed E-state index contributed by atoms with van der Waals surface area (Å²) in [5.74, 6) is 0. The van der Waals surface area contributed by atoms with Gasteiger partial charge in [-0.1, -0.05) is 41.9 Å². The average Bonchev–Trinajstić information content (AvgIpc) is 2.42. The van der Waals surface area contributed by atoms with E-state index in [1.165, 1.54) is 11.1 Å². The topological polar surface area (TPSA) is 113 Å². The molecule has 0 radical (unpaired) electrons. The summed E-state index contributed by atoms with van der Waals surface area (Å²) in [6.07, 6.45) is 10.5. The number of hydrogen-bond donors (Lipinski definition) is 3. The van der Waals surface area contributed by atoms with E-state index in [2.05, 4.69) is 41.8 Å². The molecule has 25 heavy (non-hydrogen) atoms. The first-order valence-corrected chi connectivity index (χ1v) is 11.2. The lowest BCUT2D eigenvalue weighted by Gasteiger charge is -2.11. The molecule has 0 aromatic rings. The van der Waals surface area contributed by atoms with Gasteiger partial charge in [-0.05, 0) is 52.9 Å². The lowest BCUT2D eigenvalue weighted by atomic mass is 10.0. The number of rotatable bonds is 12. The Morgan fingerprint density at radius 1 is 0.960 bits per heavy atom. The van der Waals surface area contributed by atoms with Gasteiger partial charge in [0.15, 0.2) is 0 Å². The summed E-state index contributed by atoms with van der Waals surface area (Å²) in [5.41, 5.74) is 3.66. The van der Waals surface area contributed by atoms with Crippen molar-refractivity contribution < 1.29 is 32.6 Å². The van der Waals surface area contributed by atoms with Gasteiger partial charge in [-0.15, -0.1) is 0 Å². The van der Waals surface area contributed by atoms with Crippen molar-refractivity contribution in [3.8, 4) is 0 Å². The fraction of sp³-hybridized carbons (Fsp3) is 0.625. The molecule has 0 aliphatic carbocycles. The maximum absolute atomic E-state index is 11.3. The predicted octanol–water partition coefficient (Wildman–Crippen LogP) is 5.02. The molecule has 1 unspecified atom stereocenters. The van der Waals surface area contributed by atoms with Crippen molar-refractivity contribution in [2.24, 2.45) is 0 Å². The predicted molar refractivity (Wildman–Crippen MR) is 98.9 cm³/mol. The fourth-order valence-electron chi connectivity index (χ4n) is 2.03. The highest BCUT2D eigenvalue weighted by atomic mass is 31.3. The average molecular weight is 396 g/mol. The monoisotopic (exact) mass is 396 g/mol. The van der Waals surface area contributed by atoms with E-state index >= 15 is 0 Å². The summed E-state index contributed by atoms with van der Waals surface area (Å²) >= 11 is 0. The standard InChI is InChI=1S/C16H30O7P2/c1-5-16(11-7-10-15(4)9-6-8-14(2)3)12-13-22-25(20,21)23-24(17,18)19/h8,10,12H,5-7,9,11,13H2,1-4H3,(H,20,21)(H2,17,18,19)/b15-10+,16-12+. The van der Waals surface area contributed by atoms with Crippen LogP contribution in [-0.2, 0) is 18.0 Å². The third-order valence-electron chi connectivity index (χ3n) is 3.32. The Labute approximate surface area is 150 Å². The molecule has 0 rings (SSSR count). The summed E-state index contributed by atoms with van der Waals surface area (Å²) in [6, 6.07) is 0. The van der Waals surface area contributed by atoms with E-state index in [1.54, 1.807) is 6.08 Å². The van der Waals surface area contributed by atoms with Gasteiger partial charge in [0.25, 0.3) is 0 Å². The smallest absolute Gasteiger partial charge is 0.302 e. The molecule has 0 saturated heterocycles. The Hall–Kier alpha value is -0.520. The first-order valence-electron chi connectivity index (χ1n) is 8.16. The van der Waals surface area contributed by atoms with E-state index in [-0.39, 0.29) is 6.61 Å². The van der Waals surface area contributed by atoms with Gasteiger partial charge in [0.2, 0.25) is 0 Å². The van der Waals surface area contributed by atoms with Crippen LogP contribution in [0.25, 0.3) is 0 Å². The molecule has 0 aromatic carbocycles. The number of hydrogen-bond acceptors (Lipinski definition) is 4. The Morgan fingerprint density at radius 2 is 1.56 bits per heavy atom. The van der Waals surface area contributed by atoms with Crippen molar-refractivity contribution in [1.29, 1.82) is 0 Å². The molecule has 9 heteroatoms. The molecular formula is C16H30O7P2. The van der Waals surface area contributed by atoms with Gasteiger partial charge in [0.05, 0.1) is 6.61 Å². The summed E-state index contributed by atoms with van der Waals surface area (Å²) in [7, 11) is -9.84. The zero-order valence-electron chi connectivity index (χ0n) is 15.3. The van der Waals surface area contributed by atoms with Gasteiger partial charge in [-0.3, -0.25) is 4.52 Å². The van der Waals surface area contributed by atoms with Crippen molar-refractivity contribution in [1.82, 2.24) is 0 Å². The van der Waals surface area contributed by atoms with Crippen LogP contribution >= 0.6 is 15.6 Å². The second-order valence-corrected chi connectivity index (χ2v) is 8.79. The van der Waals surface area contributed by atoms with Crippen molar-refractivity contribution in [2.45, 2.75) is 59.8 Å². The van der Waals surface area contributed by atoms with E-state index in [0.29, 0.717) is 0 Å². The van der Waals surface area contributed by atoms with Crippen LogP contribution in [0.2, 0.25) is 0 Å². The third kappa shape index (κ3) is 15.5. The van der Waals surface area contributed by atoms with E-state index in [4.69, 9.17) is 9.79 Å². The molecule has 0 spiro atoms. The first-order chi connectivity index (χ1) is 11.4. The summed E-state index contributed by atoms with van der Waals surface area (Å²) in [6.45, 7) is 7.96. The Kier molecular flexibility index (Phi) is 11.7. The molecular weight excluding hydrogens is 366 g/mol. The molecule has 0 aromatic heterocycles. The molecule has 0 bridgehead atoms. The van der Waals surface area contributed by atoms with Gasteiger partial charge in [0, 0.05) is 0 Å². The summed E-state index contributed by atoms with van der Waals surface area (Å²) < 4.78 is 30.1. The lowest BCUT2D eigenvalue weighted by molar-refractivity contribution is 0.191. The van der Waals surface area contributed by atoms with Crippen LogP contribution in [-0.4, -0.2) is 21.3 Å². The fourth-order valence-corrected chi connectivity index (χ4v) is 3.55. The zero-order chi connectivity index (χ0) is 19.5. The molecule has 3 N–H and O–H groups in total. The minimum absolute atomic E-state index is 0.250. The maximum atomic E-state index is 11.3. The highest BCUT2D eigenvalue weighted by molar-refractivity contribution is 7.60. The van der Waals surface area contributed by atoms with Gasteiger partial charge in [-0.25, -0.2) is 9.13 Å². The number of phosphoric ester groups is 1. The molecule has 0 aliphatic heterocycles. The SMILES string of the molecule is CC/C(=C\COP(=O)(O)OP(=O)(O)O)CC/C=C(\C)CCC=C(C)C. The van der Waals surface area contributed by atoms with Crippen LogP contribution in [0.1, 0.15) is 59.8 Å². The Balaban J connectivity index is 4.36. The van der Waals surface area contributed by atoms with Crippen LogP contribution in [0, 0.1) is 0 Å². The molecule has 0 amide bonds. The third-order valence-corrected chi connectivity index (χ3v) is 5.47. The van der Waals surface area contributed by atoms with E-state index in [1.807, 2.05) is 6.92 Å². The largest absolute Gasteiger partial charge is 0.481 e. The van der Waals surface area contributed by atoms with Crippen LogP contribution in [0.15, 0.2) is 34.9 Å². The Bertz CT molecular complexity index is 583. The minimum Gasteiger partial charge on any atom is -0.302 e. The van der Waals surface area contributed by atoms with Gasteiger partial charge in [0.1, 0.15) is 0 Å². The first kappa shape index (κ1) is 24.5. The van der Waals surface area contributed by atoms with E-state index in [9.17, 15) is 14.0 Å². The molecule has 0 aliphatic rings. The minimum atomic E-state index is -5.07. The van der Waals surface area contributed by atoms with Crippen LogP contribution in [0.3, 0.4) is 0 Å². The van der Waals surface area contributed by atoms with Gasteiger partial charge >= 0.3 is 15.6 Å². The van der Waals surface area contributed by atoms with E-state index in [0.717, 1.165) is 37.7 Å².